The second-order valence-electron chi connectivity index (χ2n) is 4.87. The maximum absolute atomic E-state index is 11.4. The Hall–Kier alpha value is -1.06. The highest BCUT2D eigenvalue weighted by Gasteiger charge is 2.23. The van der Waals surface area contributed by atoms with E-state index < -0.39 is 5.97 Å². The van der Waals surface area contributed by atoms with E-state index >= 15 is 0 Å². The largest absolute Gasteiger partial charge is 0.478 e. The fraction of sp³-hybridized carbons (Fsp3) is 0.500. The molecular weight excluding hydrogens is 250 g/mol. The molecule has 2 rings (SSSR count). The Bertz CT molecular complexity index is 440. The number of aromatic carboxylic acids is 1. The van der Waals surface area contributed by atoms with Crippen LogP contribution in [0.15, 0.2) is 12.1 Å². The van der Waals surface area contributed by atoms with E-state index in [9.17, 15) is 9.90 Å². The van der Waals surface area contributed by atoms with Gasteiger partial charge in [-0.1, -0.05) is 6.07 Å². The van der Waals surface area contributed by atoms with Gasteiger partial charge >= 0.3 is 5.97 Å². The number of hydrogen-bond donors (Lipinski definition) is 2. The van der Waals surface area contributed by atoms with Crippen molar-refractivity contribution in [3.63, 3.8) is 0 Å². The lowest BCUT2D eigenvalue weighted by molar-refractivity contribution is 0.0694. The second-order valence-corrected chi connectivity index (χ2v) is 4.87. The fourth-order valence-corrected chi connectivity index (χ4v) is 2.81. The monoisotopic (exact) mass is 269 g/mol. The smallest absolute Gasteiger partial charge is 0.335 e. The molecule has 1 aliphatic rings. The molecule has 0 unspecified atom stereocenters. The molecule has 1 heterocycles. The summed E-state index contributed by atoms with van der Waals surface area (Å²) in [5.74, 6) is -0.409. The van der Waals surface area contributed by atoms with Gasteiger partial charge in [-0.15, -0.1) is 12.4 Å². The van der Waals surface area contributed by atoms with Crippen molar-refractivity contribution in [3.8, 4) is 0 Å². The maximum atomic E-state index is 11.4. The van der Waals surface area contributed by atoms with Crippen LogP contribution in [0.5, 0.6) is 0 Å². The van der Waals surface area contributed by atoms with Crippen LogP contribution in [-0.2, 0) is 0 Å². The summed E-state index contributed by atoms with van der Waals surface area (Å²) in [6.07, 6.45) is 2.06. The van der Waals surface area contributed by atoms with Gasteiger partial charge in [0.15, 0.2) is 0 Å². The summed E-state index contributed by atoms with van der Waals surface area (Å²) in [7, 11) is 0. The molecule has 0 bridgehead atoms. The molecule has 1 aromatic rings. The summed E-state index contributed by atoms with van der Waals surface area (Å²) < 4.78 is 0. The maximum Gasteiger partial charge on any atom is 0.335 e. The highest BCUT2D eigenvalue weighted by molar-refractivity contribution is 5.90. The van der Waals surface area contributed by atoms with E-state index in [1.54, 1.807) is 6.07 Å². The molecule has 100 valence electrons. The molecule has 0 aliphatic carbocycles. The molecule has 0 saturated carbocycles. The van der Waals surface area contributed by atoms with Crippen LogP contribution in [0.2, 0.25) is 0 Å². The van der Waals surface area contributed by atoms with Crippen LogP contribution >= 0.6 is 12.4 Å². The third kappa shape index (κ3) is 3.03. The number of benzene rings is 1. The molecule has 18 heavy (non-hydrogen) atoms. The first-order chi connectivity index (χ1) is 8.09. The van der Waals surface area contributed by atoms with Crippen LogP contribution in [0.3, 0.4) is 0 Å². The second kappa shape index (κ2) is 6.21. The average Bonchev–Trinajstić information content (AvgIpc) is 2.29. The number of nitrogens with one attached hydrogen (secondary N) is 1. The minimum atomic E-state index is -0.801. The summed E-state index contributed by atoms with van der Waals surface area (Å²) in [6.45, 7) is 5.94. The predicted molar refractivity (Wildman–Crippen MR) is 75.0 cm³/mol. The summed E-state index contributed by atoms with van der Waals surface area (Å²) >= 11 is 0. The van der Waals surface area contributed by atoms with Crippen molar-refractivity contribution < 1.29 is 9.90 Å². The summed E-state index contributed by atoms with van der Waals surface area (Å²) in [4.78, 5) is 11.4. The number of rotatable bonds is 2. The van der Waals surface area contributed by atoms with E-state index in [1.807, 2.05) is 13.8 Å². The summed E-state index contributed by atoms with van der Waals surface area (Å²) in [6, 6.07) is 3.89. The topological polar surface area (TPSA) is 49.3 Å². The summed E-state index contributed by atoms with van der Waals surface area (Å²) in [5, 5.41) is 12.6. The fourth-order valence-electron chi connectivity index (χ4n) is 2.81. The SMILES string of the molecule is Cc1cc(C)c(C2CCNCC2)c(C(=O)O)c1.Cl. The van der Waals surface area contributed by atoms with Crippen LogP contribution in [-0.4, -0.2) is 24.2 Å². The molecule has 0 radical (unpaired) electrons. The Balaban J connectivity index is 0.00000162. The molecule has 0 aromatic heterocycles. The third-order valence-corrected chi connectivity index (χ3v) is 3.51. The molecule has 1 saturated heterocycles. The number of carbonyl (C=O) groups is 1. The van der Waals surface area contributed by atoms with Crippen LogP contribution in [0.25, 0.3) is 0 Å². The molecule has 1 aromatic carbocycles. The predicted octanol–water partition coefficient (Wildman–Crippen LogP) is 2.89. The number of hydrogen-bond acceptors (Lipinski definition) is 2. The highest BCUT2D eigenvalue weighted by Crippen LogP contribution is 2.31. The Labute approximate surface area is 114 Å². The van der Waals surface area contributed by atoms with Crippen molar-refractivity contribution in [2.75, 3.05) is 13.1 Å². The zero-order valence-electron chi connectivity index (χ0n) is 10.8. The number of carboxylic acid groups (broad SMARTS) is 1. The van der Waals surface area contributed by atoms with Gasteiger partial charge in [0.2, 0.25) is 0 Å². The molecule has 4 heteroatoms. The first kappa shape index (κ1) is 15.0. The standard InChI is InChI=1S/C14H19NO2.ClH/c1-9-7-10(2)13(12(8-9)14(16)17)11-3-5-15-6-4-11;/h7-8,11,15H,3-6H2,1-2H3,(H,16,17);1H. The van der Waals surface area contributed by atoms with Crippen LogP contribution in [0.4, 0.5) is 0 Å². The molecule has 3 nitrogen and oxygen atoms in total. The Morgan fingerprint density at radius 3 is 2.44 bits per heavy atom. The van der Waals surface area contributed by atoms with Gasteiger partial charge in [0.1, 0.15) is 0 Å². The van der Waals surface area contributed by atoms with Crippen molar-refractivity contribution in [2.24, 2.45) is 0 Å². The Morgan fingerprint density at radius 1 is 1.28 bits per heavy atom. The lowest BCUT2D eigenvalue weighted by Crippen LogP contribution is -2.28. The zero-order valence-corrected chi connectivity index (χ0v) is 11.6. The van der Waals surface area contributed by atoms with Gasteiger partial charge in [0, 0.05) is 0 Å². The van der Waals surface area contributed by atoms with E-state index in [4.69, 9.17) is 0 Å². The molecule has 2 N–H and O–H groups in total. The quantitative estimate of drug-likeness (QED) is 0.868. The molecule has 0 atom stereocenters. The molecule has 1 fully saturated rings. The number of piperidine rings is 1. The van der Waals surface area contributed by atoms with E-state index in [0.717, 1.165) is 42.6 Å². The third-order valence-electron chi connectivity index (χ3n) is 3.51. The average molecular weight is 270 g/mol. The summed E-state index contributed by atoms with van der Waals surface area (Å²) in [5.41, 5.74) is 3.69. The van der Waals surface area contributed by atoms with Crippen molar-refractivity contribution in [2.45, 2.75) is 32.6 Å². The number of aryl methyl sites for hydroxylation is 2. The van der Waals surface area contributed by atoms with Gasteiger partial charge in [-0.05, 0) is 68.5 Å². The minimum absolute atomic E-state index is 0. The lowest BCUT2D eigenvalue weighted by Gasteiger charge is -2.26. The number of halogens is 1. The van der Waals surface area contributed by atoms with Crippen molar-refractivity contribution in [1.29, 1.82) is 0 Å². The van der Waals surface area contributed by atoms with Gasteiger partial charge in [0.25, 0.3) is 0 Å². The minimum Gasteiger partial charge on any atom is -0.478 e. The van der Waals surface area contributed by atoms with Crippen molar-refractivity contribution in [1.82, 2.24) is 5.32 Å². The Morgan fingerprint density at radius 2 is 1.89 bits per heavy atom. The van der Waals surface area contributed by atoms with E-state index in [2.05, 4.69) is 11.4 Å². The van der Waals surface area contributed by atoms with Gasteiger partial charge < -0.3 is 10.4 Å². The van der Waals surface area contributed by atoms with Gasteiger partial charge in [-0.3, -0.25) is 0 Å². The van der Waals surface area contributed by atoms with E-state index in [-0.39, 0.29) is 12.4 Å². The van der Waals surface area contributed by atoms with Gasteiger partial charge in [0.05, 0.1) is 5.56 Å². The molecule has 0 amide bonds. The van der Waals surface area contributed by atoms with E-state index in [1.165, 1.54) is 0 Å². The molecule has 0 spiro atoms. The van der Waals surface area contributed by atoms with Gasteiger partial charge in [-0.25, -0.2) is 4.79 Å². The normalized spacial score (nSPS) is 16.1. The van der Waals surface area contributed by atoms with Crippen molar-refractivity contribution in [3.05, 3.63) is 34.4 Å². The lowest BCUT2D eigenvalue weighted by atomic mass is 9.83. The highest BCUT2D eigenvalue weighted by atomic mass is 35.5. The van der Waals surface area contributed by atoms with Crippen LogP contribution in [0.1, 0.15) is 45.8 Å². The molecular formula is C14H20ClNO2. The first-order valence-corrected chi connectivity index (χ1v) is 6.14. The first-order valence-electron chi connectivity index (χ1n) is 6.14. The van der Waals surface area contributed by atoms with Crippen LogP contribution in [0, 0.1) is 13.8 Å². The Kier molecular flexibility index (Phi) is 5.17. The van der Waals surface area contributed by atoms with Gasteiger partial charge in [-0.2, -0.15) is 0 Å². The number of carboxylic acids is 1. The van der Waals surface area contributed by atoms with E-state index in [0.29, 0.717) is 11.5 Å². The molecule has 1 aliphatic heterocycles. The zero-order chi connectivity index (χ0) is 12.4. The van der Waals surface area contributed by atoms with Crippen molar-refractivity contribution >= 4 is 18.4 Å². The van der Waals surface area contributed by atoms with Crippen LogP contribution < -0.4 is 5.32 Å².